The van der Waals surface area contributed by atoms with E-state index in [4.69, 9.17) is 27.2 Å². The van der Waals surface area contributed by atoms with Crippen LogP contribution in [0.3, 0.4) is 0 Å². The fourth-order valence-corrected chi connectivity index (χ4v) is 5.66. The van der Waals surface area contributed by atoms with Gasteiger partial charge in [-0.3, -0.25) is 4.79 Å². The summed E-state index contributed by atoms with van der Waals surface area (Å²) >= 11 is 6.23. The fourth-order valence-electron chi connectivity index (χ4n) is 5.54. The van der Waals surface area contributed by atoms with E-state index in [0.717, 1.165) is 58.1 Å². The SMILES string of the molecule is CC(=O)On1c(=O)c(-c2c(-c3ccc(Cl)cc3)n(CCCN)c3ccccc23)nc2cc3c(cc21)CCC3. The van der Waals surface area contributed by atoms with Crippen molar-refractivity contribution < 1.29 is 9.63 Å². The second kappa shape index (κ2) is 9.74. The molecule has 3 aromatic carbocycles. The highest BCUT2D eigenvalue weighted by atomic mass is 35.5. The molecular weight excluding hydrogens is 500 g/mol. The normalized spacial score (nSPS) is 12.8. The largest absolute Gasteiger partial charge is 0.340 e. The quantitative estimate of drug-likeness (QED) is 0.330. The molecule has 0 bridgehead atoms. The van der Waals surface area contributed by atoms with Gasteiger partial charge in [0.2, 0.25) is 0 Å². The van der Waals surface area contributed by atoms with Gasteiger partial charge in [0.1, 0.15) is 11.2 Å². The van der Waals surface area contributed by atoms with E-state index in [9.17, 15) is 9.59 Å². The van der Waals surface area contributed by atoms with E-state index in [-0.39, 0.29) is 5.69 Å². The van der Waals surface area contributed by atoms with Crippen molar-refractivity contribution in [2.45, 2.75) is 39.2 Å². The maximum Gasteiger partial charge on any atom is 0.330 e. The monoisotopic (exact) mass is 526 g/mol. The van der Waals surface area contributed by atoms with E-state index in [0.29, 0.717) is 34.7 Å². The second-order valence-electron chi connectivity index (χ2n) is 9.65. The molecule has 0 spiro atoms. The van der Waals surface area contributed by atoms with Crippen LogP contribution in [-0.4, -0.2) is 26.8 Å². The van der Waals surface area contributed by atoms with Crippen molar-refractivity contribution in [2.75, 3.05) is 6.54 Å². The van der Waals surface area contributed by atoms with Crippen LogP contribution in [-0.2, 0) is 24.2 Å². The Morgan fingerprint density at radius 1 is 1.05 bits per heavy atom. The van der Waals surface area contributed by atoms with Gasteiger partial charge in [-0.1, -0.05) is 41.9 Å². The topological polar surface area (TPSA) is 92.1 Å². The Morgan fingerprint density at radius 2 is 1.79 bits per heavy atom. The molecule has 1 aliphatic carbocycles. The zero-order valence-corrected chi connectivity index (χ0v) is 21.8. The highest BCUT2D eigenvalue weighted by molar-refractivity contribution is 6.30. The van der Waals surface area contributed by atoms with Crippen molar-refractivity contribution in [3.63, 3.8) is 0 Å². The molecule has 0 radical (unpaired) electrons. The van der Waals surface area contributed by atoms with Crippen LogP contribution >= 0.6 is 11.6 Å². The van der Waals surface area contributed by atoms with Gasteiger partial charge in [-0.25, -0.2) is 9.78 Å². The number of carbonyl (C=O) groups excluding carboxylic acids is 1. The maximum atomic E-state index is 14.1. The van der Waals surface area contributed by atoms with E-state index in [1.165, 1.54) is 12.5 Å². The molecule has 0 unspecified atom stereocenters. The molecule has 0 fully saturated rings. The van der Waals surface area contributed by atoms with E-state index in [1.54, 1.807) is 0 Å². The zero-order valence-electron chi connectivity index (χ0n) is 21.0. The number of rotatable bonds is 6. The number of nitrogens with two attached hydrogens (primary N) is 1. The number of aryl methyl sites for hydroxylation is 3. The van der Waals surface area contributed by atoms with Crippen LogP contribution in [0.2, 0.25) is 5.02 Å². The van der Waals surface area contributed by atoms with Gasteiger partial charge >= 0.3 is 11.5 Å². The standard InChI is InChI=1S/C30H27ClN4O3/c1-18(36)38-35-26-17-21-7-4-6-20(21)16-24(26)33-28(30(35)37)27-23-8-2-3-9-25(23)34(15-5-14-32)29(27)19-10-12-22(31)13-11-19/h2-3,8-13,16-17H,4-7,14-15,32H2,1H3. The Balaban J connectivity index is 1.73. The maximum absolute atomic E-state index is 14.1. The molecule has 6 rings (SSSR count). The van der Waals surface area contributed by atoms with Crippen molar-refractivity contribution in [3.05, 3.63) is 87.2 Å². The Hall–Kier alpha value is -3.94. The molecule has 7 nitrogen and oxygen atoms in total. The van der Waals surface area contributed by atoms with Crippen molar-refractivity contribution in [2.24, 2.45) is 5.73 Å². The molecule has 5 aromatic rings. The summed E-state index contributed by atoms with van der Waals surface area (Å²) in [4.78, 5) is 36.7. The third-order valence-electron chi connectivity index (χ3n) is 7.16. The fraction of sp³-hybridized carbons (Fsp3) is 0.233. The minimum Gasteiger partial charge on any atom is -0.340 e. The third kappa shape index (κ3) is 4.08. The lowest BCUT2D eigenvalue weighted by molar-refractivity contribution is -0.141. The summed E-state index contributed by atoms with van der Waals surface area (Å²) in [5.41, 5.74) is 12.5. The Kier molecular flexibility index (Phi) is 6.26. The summed E-state index contributed by atoms with van der Waals surface area (Å²) in [6.07, 6.45) is 3.69. The van der Waals surface area contributed by atoms with Gasteiger partial charge in [0.05, 0.1) is 11.2 Å². The highest BCUT2D eigenvalue weighted by Crippen LogP contribution is 2.40. The molecule has 0 saturated heterocycles. The second-order valence-corrected chi connectivity index (χ2v) is 10.1. The van der Waals surface area contributed by atoms with Gasteiger partial charge in [0.15, 0.2) is 0 Å². The number of hydrogen-bond donors (Lipinski definition) is 1. The lowest BCUT2D eigenvalue weighted by Crippen LogP contribution is -2.32. The Morgan fingerprint density at radius 3 is 2.53 bits per heavy atom. The third-order valence-corrected chi connectivity index (χ3v) is 7.41. The van der Waals surface area contributed by atoms with Crippen LogP contribution in [0.4, 0.5) is 0 Å². The number of fused-ring (bicyclic) bond motifs is 3. The Bertz CT molecular complexity index is 1770. The molecule has 192 valence electrons. The summed E-state index contributed by atoms with van der Waals surface area (Å²) in [6.45, 7) is 2.48. The van der Waals surface area contributed by atoms with Crippen molar-refractivity contribution in [1.29, 1.82) is 0 Å². The van der Waals surface area contributed by atoms with Crippen molar-refractivity contribution in [1.82, 2.24) is 14.3 Å². The van der Waals surface area contributed by atoms with Gasteiger partial charge in [0.25, 0.3) is 0 Å². The average Bonchev–Trinajstić information content (AvgIpc) is 3.50. The number of hydrogen-bond acceptors (Lipinski definition) is 5. The predicted molar refractivity (Wildman–Crippen MR) is 150 cm³/mol. The first-order valence-corrected chi connectivity index (χ1v) is 13.2. The minimum absolute atomic E-state index is 0.226. The van der Waals surface area contributed by atoms with Crippen LogP contribution < -0.4 is 16.1 Å². The van der Waals surface area contributed by atoms with Crippen molar-refractivity contribution in [3.8, 4) is 22.5 Å². The summed E-state index contributed by atoms with van der Waals surface area (Å²) < 4.78 is 3.29. The first-order chi connectivity index (χ1) is 18.5. The van der Waals surface area contributed by atoms with Gasteiger partial charge in [-0.2, -0.15) is 0 Å². The van der Waals surface area contributed by atoms with Gasteiger partial charge < -0.3 is 15.1 Å². The molecule has 2 N–H and O–H groups in total. The van der Waals surface area contributed by atoms with Gasteiger partial charge in [-0.05, 0) is 79.3 Å². The van der Waals surface area contributed by atoms with Crippen LogP contribution in [0.5, 0.6) is 0 Å². The lowest BCUT2D eigenvalue weighted by Gasteiger charge is -2.15. The number of para-hydroxylation sites is 1. The first kappa shape index (κ1) is 24.4. The molecule has 38 heavy (non-hydrogen) atoms. The zero-order chi connectivity index (χ0) is 26.4. The molecule has 0 saturated carbocycles. The van der Waals surface area contributed by atoms with E-state index in [2.05, 4.69) is 4.57 Å². The Labute approximate surface area is 224 Å². The number of nitrogens with zero attached hydrogens (tertiary/aromatic N) is 3. The van der Waals surface area contributed by atoms with E-state index >= 15 is 0 Å². The van der Waals surface area contributed by atoms with Crippen LogP contribution in [0.15, 0.2) is 65.5 Å². The molecule has 0 atom stereocenters. The lowest BCUT2D eigenvalue weighted by atomic mass is 10.0. The summed E-state index contributed by atoms with van der Waals surface area (Å²) in [5.74, 6) is -0.575. The molecule has 8 heteroatoms. The summed E-state index contributed by atoms with van der Waals surface area (Å²) in [5, 5.41) is 1.50. The minimum atomic E-state index is -0.575. The smallest absolute Gasteiger partial charge is 0.330 e. The van der Waals surface area contributed by atoms with Crippen molar-refractivity contribution >= 4 is 39.5 Å². The van der Waals surface area contributed by atoms with Crippen LogP contribution in [0.1, 0.15) is 30.9 Å². The average molecular weight is 527 g/mol. The summed E-state index contributed by atoms with van der Waals surface area (Å²) in [7, 11) is 0. The molecule has 2 aromatic heterocycles. The number of aromatic nitrogens is 3. The summed E-state index contributed by atoms with van der Waals surface area (Å²) in [6, 6.07) is 19.5. The van der Waals surface area contributed by atoms with E-state index < -0.39 is 11.5 Å². The number of halogens is 1. The number of carbonyl (C=O) groups is 1. The molecule has 0 aliphatic heterocycles. The van der Waals surface area contributed by atoms with Crippen LogP contribution in [0, 0.1) is 0 Å². The molecule has 2 heterocycles. The van der Waals surface area contributed by atoms with E-state index in [1.807, 2.05) is 60.7 Å². The molecule has 1 aliphatic rings. The molecule has 0 amide bonds. The molecular formula is C30H27ClN4O3. The first-order valence-electron chi connectivity index (χ1n) is 12.8. The predicted octanol–water partition coefficient (Wildman–Crippen LogP) is 5.15. The van der Waals surface area contributed by atoms with Gasteiger partial charge in [0, 0.05) is 35.0 Å². The van der Waals surface area contributed by atoms with Gasteiger partial charge in [-0.15, -0.1) is 4.73 Å². The van der Waals surface area contributed by atoms with Crippen LogP contribution in [0.25, 0.3) is 44.5 Å². The highest BCUT2D eigenvalue weighted by Gasteiger charge is 2.26. The number of benzene rings is 3.